The molecule has 3 heteroatoms. The molecule has 0 amide bonds. The normalized spacial score (nSPS) is 13.2. The number of nitriles is 1. The predicted octanol–water partition coefficient (Wildman–Crippen LogP) is 12.1. The molecule has 0 spiro atoms. The molecule has 0 radical (unpaired) electrons. The lowest BCUT2D eigenvalue weighted by Gasteiger charge is -2.42. The molecule has 8 aromatic rings. The molecule has 2 heterocycles. The minimum atomic E-state index is -0.144. The van der Waals surface area contributed by atoms with Crippen molar-refractivity contribution in [3.05, 3.63) is 180 Å². The molecule has 0 fully saturated rings. The number of fused-ring (bicyclic) bond motifs is 5. The molecular weight excluding hydrogens is 595 g/mol. The SMILES string of the molecule is CC1(C)c2ccccc2N(c2ccccc2)c2cc(-c3ccc(-c4cccc(C#N)c4-n4c5ccccc5c5ccccc54)cc3)ccc21. The van der Waals surface area contributed by atoms with E-state index in [9.17, 15) is 5.26 Å². The van der Waals surface area contributed by atoms with Crippen LogP contribution in [0.5, 0.6) is 0 Å². The van der Waals surface area contributed by atoms with E-state index in [1.54, 1.807) is 0 Å². The lowest BCUT2D eigenvalue weighted by Crippen LogP contribution is -2.30. The Morgan fingerprint density at radius 2 is 1.10 bits per heavy atom. The number of benzene rings is 7. The second kappa shape index (κ2) is 11.1. The summed E-state index contributed by atoms with van der Waals surface area (Å²) < 4.78 is 2.26. The Balaban J connectivity index is 1.18. The zero-order valence-electron chi connectivity index (χ0n) is 27.4. The molecule has 1 aromatic heterocycles. The number of aromatic nitrogens is 1. The second-order valence-corrected chi connectivity index (χ2v) is 13.3. The topological polar surface area (TPSA) is 32.0 Å². The van der Waals surface area contributed by atoms with Crippen LogP contribution in [0.15, 0.2) is 164 Å². The van der Waals surface area contributed by atoms with Gasteiger partial charge in [-0.05, 0) is 70.3 Å². The molecule has 7 aromatic carbocycles. The minimum Gasteiger partial charge on any atom is -0.310 e. The van der Waals surface area contributed by atoms with E-state index in [0.29, 0.717) is 5.56 Å². The molecule has 0 atom stereocenters. The highest BCUT2D eigenvalue weighted by atomic mass is 15.2. The summed E-state index contributed by atoms with van der Waals surface area (Å²) in [6.07, 6.45) is 0. The Kier molecular flexibility index (Phi) is 6.54. The van der Waals surface area contributed by atoms with Crippen LogP contribution in [-0.2, 0) is 5.41 Å². The molecule has 0 saturated heterocycles. The standard InChI is InChI=1S/C46H33N3/c1-46(2)39-19-8-11-22-43(39)48(35-14-4-3-5-15-35)44-29-33(27-28-40(44)46)31-23-25-32(26-24-31)36-18-12-13-34(30-47)45(36)49-41-20-9-6-16-37(41)38-17-7-10-21-42(38)49/h3-29H,1-2H3. The summed E-state index contributed by atoms with van der Waals surface area (Å²) in [5.41, 5.74) is 14.2. The van der Waals surface area contributed by atoms with Gasteiger partial charge in [-0.3, -0.25) is 0 Å². The lowest BCUT2D eigenvalue weighted by atomic mass is 9.73. The Morgan fingerprint density at radius 3 is 1.82 bits per heavy atom. The molecule has 1 aliphatic rings. The summed E-state index contributed by atoms with van der Waals surface area (Å²) in [5.74, 6) is 0. The molecule has 3 nitrogen and oxygen atoms in total. The molecule has 49 heavy (non-hydrogen) atoms. The van der Waals surface area contributed by atoms with Crippen LogP contribution in [0.2, 0.25) is 0 Å². The Bertz CT molecular complexity index is 2530. The highest BCUT2D eigenvalue weighted by Crippen LogP contribution is 2.52. The van der Waals surface area contributed by atoms with Crippen LogP contribution in [0.3, 0.4) is 0 Å². The fourth-order valence-electron chi connectivity index (χ4n) is 7.87. The fourth-order valence-corrected chi connectivity index (χ4v) is 7.87. The van der Waals surface area contributed by atoms with Gasteiger partial charge in [0.1, 0.15) is 6.07 Å². The monoisotopic (exact) mass is 627 g/mol. The van der Waals surface area contributed by atoms with E-state index >= 15 is 0 Å². The van der Waals surface area contributed by atoms with E-state index in [4.69, 9.17) is 0 Å². The van der Waals surface area contributed by atoms with E-state index in [1.807, 2.05) is 12.1 Å². The van der Waals surface area contributed by atoms with Gasteiger partial charge in [0.25, 0.3) is 0 Å². The maximum atomic E-state index is 10.4. The number of anilines is 3. The summed E-state index contributed by atoms with van der Waals surface area (Å²) in [4.78, 5) is 2.40. The van der Waals surface area contributed by atoms with Crippen LogP contribution in [0.1, 0.15) is 30.5 Å². The average molecular weight is 628 g/mol. The van der Waals surface area contributed by atoms with Gasteiger partial charge in [0.2, 0.25) is 0 Å². The minimum absolute atomic E-state index is 0.144. The van der Waals surface area contributed by atoms with E-state index in [0.717, 1.165) is 44.7 Å². The van der Waals surface area contributed by atoms with E-state index in [-0.39, 0.29) is 5.41 Å². The first-order chi connectivity index (χ1) is 24.0. The van der Waals surface area contributed by atoms with Crippen molar-refractivity contribution in [1.82, 2.24) is 4.57 Å². The van der Waals surface area contributed by atoms with Gasteiger partial charge < -0.3 is 9.47 Å². The smallest absolute Gasteiger partial charge is 0.101 e. The Hall–Kier alpha value is -6.37. The zero-order valence-corrected chi connectivity index (χ0v) is 27.4. The van der Waals surface area contributed by atoms with E-state index < -0.39 is 0 Å². The van der Waals surface area contributed by atoms with Gasteiger partial charge in [0.05, 0.1) is 33.7 Å². The molecule has 9 rings (SSSR count). The zero-order chi connectivity index (χ0) is 33.1. The van der Waals surface area contributed by atoms with Crippen LogP contribution < -0.4 is 4.90 Å². The van der Waals surface area contributed by atoms with Crippen molar-refractivity contribution in [2.75, 3.05) is 4.90 Å². The predicted molar refractivity (Wildman–Crippen MR) is 203 cm³/mol. The maximum absolute atomic E-state index is 10.4. The summed E-state index contributed by atoms with van der Waals surface area (Å²) in [7, 11) is 0. The maximum Gasteiger partial charge on any atom is 0.101 e. The second-order valence-electron chi connectivity index (χ2n) is 13.3. The van der Waals surface area contributed by atoms with E-state index in [1.165, 1.54) is 33.3 Å². The number of hydrogen-bond acceptors (Lipinski definition) is 2. The van der Waals surface area contributed by atoms with Crippen molar-refractivity contribution in [1.29, 1.82) is 5.26 Å². The highest BCUT2D eigenvalue weighted by Gasteiger charge is 2.36. The van der Waals surface area contributed by atoms with Gasteiger partial charge in [0, 0.05) is 27.4 Å². The molecule has 0 N–H and O–H groups in total. The molecule has 0 bridgehead atoms. The summed E-state index contributed by atoms with van der Waals surface area (Å²) in [5, 5.41) is 12.7. The quantitative estimate of drug-likeness (QED) is 0.194. The Labute approximate surface area is 286 Å². The van der Waals surface area contributed by atoms with Gasteiger partial charge in [-0.1, -0.05) is 135 Å². The molecule has 0 unspecified atom stereocenters. The van der Waals surface area contributed by atoms with Crippen LogP contribution in [0.25, 0.3) is 49.7 Å². The van der Waals surface area contributed by atoms with Crippen molar-refractivity contribution in [3.8, 4) is 34.0 Å². The fraction of sp³-hybridized carbons (Fsp3) is 0.0652. The van der Waals surface area contributed by atoms with Crippen LogP contribution in [-0.4, -0.2) is 4.57 Å². The third kappa shape index (κ3) is 4.42. The van der Waals surface area contributed by atoms with Crippen molar-refractivity contribution < 1.29 is 0 Å². The van der Waals surface area contributed by atoms with Crippen molar-refractivity contribution in [2.45, 2.75) is 19.3 Å². The van der Waals surface area contributed by atoms with Gasteiger partial charge in [-0.2, -0.15) is 5.26 Å². The summed E-state index contributed by atoms with van der Waals surface area (Å²) in [6, 6.07) is 60.6. The van der Waals surface area contributed by atoms with Crippen molar-refractivity contribution in [3.63, 3.8) is 0 Å². The third-order valence-corrected chi connectivity index (χ3v) is 10.2. The van der Waals surface area contributed by atoms with Crippen LogP contribution >= 0.6 is 0 Å². The molecule has 1 aliphatic heterocycles. The first-order valence-electron chi connectivity index (χ1n) is 16.8. The van der Waals surface area contributed by atoms with Gasteiger partial charge in [-0.15, -0.1) is 0 Å². The van der Waals surface area contributed by atoms with Gasteiger partial charge in [-0.25, -0.2) is 0 Å². The number of nitrogens with zero attached hydrogens (tertiary/aromatic N) is 3. The molecule has 0 aliphatic carbocycles. The van der Waals surface area contributed by atoms with Crippen LogP contribution in [0, 0.1) is 11.3 Å². The highest BCUT2D eigenvalue weighted by molar-refractivity contribution is 6.10. The lowest BCUT2D eigenvalue weighted by molar-refractivity contribution is 0.632. The van der Waals surface area contributed by atoms with Gasteiger partial charge >= 0.3 is 0 Å². The van der Waals surface area contributed by atoms with E-state index in [2.05, 4.69) is 181 Å². The largest absolute Gasteiger partial charge is 0.310 e. The third-order valence-electron chi connectivity index (χ3n) is 10.2. The van der Waals surface area contributed by atoms with Crippen LogP contribution in [0.4, 0.5) is 17.1 Å². The number of hydrogen-bond donors (Lipinski definition) is 0. The Morgan fingerprint density at radius 1 is 0.510 bits per heavy atom. The van der Waals surface area contributed by atoms with Crippen molar-refractivity contribution in [2.24, 2.45) is 0 Å². The molecule has 0 saturated carbocycles. The van der Waals surface area contributed by atoms with Crippen molar-refractivity contribution >= 4 is 38.9 Å². The first kappa shape index (κ1) is 28.8. The molecular formula is C46H33N3. The first-order valence-corrected chi connectivity index (χ1v) is 16.8. The number of rotatable bonds is 4. The number of para-hydroxylation sites is 5. The van der Waals surface area contributed by atoms with Gasteiger partial charge in [0.15, 0.2) is 0 Å². The molecule has 232 valence electrons. The average Bonchev–Trinajstić information content (AvgIpc) is 3.49. The summed E-state index contributed by atoms with van der Waals surface area (Å²) >= 11 is 0. The summed E-state index contributed by atoms with van der Waals surface area (Å²) in [6.45, 7) is 4.65.